The molecular weight excluding hydrogens is 258 g/mol. The highest BCUT2D eigenvalue weighted by atomic mass is 127. The first kappa shape index (κ1) is 8.64. The van der Waals surface area contributed by atoms with E-state index in [-0.39, 0.29) is 11.6 Å². The Bertz CT molecular complexity index is 273. The fraction of sp³-hybridized carbons (Fsp3) is 0.125. The molecule has 0 bridgehead atoms. The molecule has 0 spiro atoms. The van der Waals surface area contributed by atoms with Crippen LogP contribution < -0.4 is 0 Å². The van der Waals surface area contributed by atoms with Gasteiger partial charge in [0.1, 0.15) is 5.82 Å². The normalized spacial score (nSPS) is 9.64. The van der Waals surface area contributed by atoms with Gasteiger partial charge in [-0.2, -0.15) is 0 Å². The van der Waals surface area contributed by atoms with Gasteiger partial charge in [-0.3, -0.25) is 4.79 Å². The van der Waals surface area contributed by atoms with Gasteiger partial charge in [-0.1, -0.05) is 34.7 Å². The lowest BCUT2D eigenvalue weighted by molar-refractivity contribution is 0.102. The summed E-state index contributed by atoms with van der Waals surface area (Å²) in [4.78, 5) is 11.0. The lowest BCUT2D eigenvalue weighted by Crippen LogP contribution is -1.99. The number of ketones is 1. The highest BCUT2D eigenvalue weighted by Crippen LogP contribution is 2.05. The van der Waals surface area contributed by atoms with Crippen LogP contribution in [0.2, 0.25) is 0 Å². The maximum absolute atomic E-state index is 12.5. The van der Waals surface area contributed by atoms with Crippen LogP contribution in [0.1, 0.15) is 10.4 Å². The minimum absolute atomic E-state index is 0.0369. The Kier molecular flexibility index (Phi) is 2.99. The van der Waals surface area contributed by atoms with E-state index < -0.39 is 0 Å². The van der Waals surface area contributed by atoms with Crippen molar-refractivity contribution in [2.45, 2.75) is 0 Å². The lowest BCUT2D eigenvalue weighted by Gasteiger charge is -1.94. The van der Waals surface area contributed by atoms with E-state index in [1.165, 1.54) is 18.2 Å². The zero-order chi connectivity index (χ0) is 8.27. The van der Waals surface area contributed by atoms with E-state index in [2.05, 4.69) is 0 Å². The lowest BCUT2D eigenvalue weighted by atomic mass is 10.1. The van der Waals surface area contributed by atoms with E-state index in [4.69, 9.17) is 0 Å². The number of hydrogen-bond donors (Lipinski definition) is 0. The van der Waals surface area contributed by atoms with Gasteiger partial charge in [0, 0.05) is 5.56 Å². The van der Waals surface area contributed by atoms with Gasteiger partial charge in [-0.15, -0.1) is 0 Å². The monoisotopic (exact) mass is 264 g/mol. The molecule has 1 rings (SSSR count). The molecular formula is C8H6FIO. The van der Waals surface area contributed by atoms with Crippen molar-refractivity contribution in [3.63, 3.8) is 0 Å². The summed E-state index contributed by atoms with van der Waals surface area (Å²) in [6, 6.07) is 5.73. The minimum atomic E-state index is -0.360. The van der Waals surface area contributed by atoms with E-state index in [1.807, 2.05) is 22.6 Å². The van der Waals surface area contributed by atoms with Crippen molar-refractivity contribution in [2.24, 2.45) is 0 Å². The highest BCUT2D eigenvalue weighted by Gasteiger charge is 2.02. The second-order valence-electron chi connectivity index (χ2n) is 2.07. The molecule has 0 saturated carbocycles. The van der Waals surface area contributed by atoms with Crippen LogP contribution in [0, 0.1) is 5.82 Å². The highest BCUT2D eigenvalue weighted by molar-refractivity contribution is 14.1. The molecule has 0 aliphatic rings. The Labute approximate surface area is 77.8 Å². The molecule has 0 unspecified atom stereocenters. The fourth-order valence-electron chi connectivity index (χ4n) is 0.739. The molecule has 11 heavy (non-hydrogen) atoms. The number of Topliss-reactive ketones (excluding diaryl/α,β-unsaturated/α-hetero) is 1. The van der Waals surface area contributed by atoms with Crippen LogP contribution in [-0.2, 0) is 0 Å². The number of rotatable bonds is 2. The molecule has 0 aliphatic carbocycles. The molecule has 1 aromatic carbocycles. The maximum atomic E-state index is 12.5. The molecule has 3 heteroatoms. The van der Waals surface area contributed by atoms with Gasteiger partial charge in [0.2, 0.25) is 0 Å². The first-order chi connectivity index (χ1) is 5.24. The summed E-state index contributed by atoms with van der Waals surface area (Å²) in [6.45, 7) is 0. The second kappa shape index (κ2) is 3.80. The largest absolute Gasteiger partial charge is 0.293 e. The molecule has 58 valence electrons. The molecule has 1 aromatic rings. The van der Waals surface area contributed by atoms with E-state index >= 15 is 0 Å². The standard InChI is InChI=1S/C8H6FIO/c9-7-3-1-2-6(4-7)8(11)5-10/h1-4H,5H2. The van der Waals surface area contributed by atoms with E-state index in [9.17, 15) is 9.18 Å². The number of halogens is 2. The predicted molar refractivity (Wildman–Crippen MR) is 49.6 cm³/mol. The molecule has 0 N–H and O–H groups in total. The predicted octanol–water partition coefficient (Wildman–Crippen LogP) is 2.44. The Morgan fingerprint density at radius 2 is 2.27 bits per heavy atom. The molecule has 0 heterocycles. The van der Waals surface area contributed by atoms with Crippen LogP contribution in [0.4, 0.5) is 4.39 Å². The van der Waals surface area contributed by atoms with Crippen LogP contribution in [0.15, 0.2) is 24.3 Å². The first-order valence-corrected chi connectivity index (χ1v) is 4.61. The van der Waals surface area contributed by atoms with E-state index in [1.54, 1.807) is 6.07 Å². The van der Waals surface area contributed by atoms with Crippen molar-refractivity contribution in [1.29, 1.82) is 0 Å². The third kappa shape index (κ3) is 2.25. The zero-order valence-electron chi connectivity index (χ0n) is 5.68. The van der Waals surface area contributed by atoms with Crippen molar-refractivity contribution in [2.75, 3.05) is 4.43 Å². The number of hydrogen-bond acceptors (Lipinski definition) is 1. The van der Waals surface area contributed by atoms with Crippen LogP contribution in [0.25, 0.3) is 0 Å². The van der Waals surface area contributed by atoms with Gasteiger partial charge in [0.25, 0.3) is 0 Å². The zero-order valence-corrected chi connectivity index (χ0v) is 7.84. The van der Waals surface area contributed by atoms with Gasteiger partial charge in [0.05, 0.1) is 4.43 Å². The summed E-state index contributed by atoms with van der Waals surface area (Å²) < 4.78 is 12.9. The molecule has 1 nitrogen and oxygen atoms in total. The molecule has 0 atom stereocenters. The summed E-state index contributed by atoms with van der Waals surface area (Å²) in [5, 5.41) is 0. The molecule has 0 amide bonds. The van der Waals surface area contributed by atoms with Gasteiger partial charge < -0.3 is 0 Å². The van der Waals surface area contributed by atoms with Crippen molar-refractivity contribution < 1.29 is 9.18 Å². The SMILES string of the molecule is O=C(CI)c1cccc(F)c1. The van der Waals surface area contributed by atoms with Crippen LogP contribution >= 0.6 is 22.6 Å². The van der Waals surface area contributed by atoms with Gasteiger partial charge >= 0.3 is 0 Å². The van der Waals surface area contributed by atoms with E-state index in [0.29, 0.717) is 9.99 Å². The molecule has 0 saturated heterocycles. The van der Waals surface area contributed by atoms with Crippen molar-refractivity contribution in [3.8, 4) is 0 Å². The summed E-state index contributed by atoms with van der Waals surface area (Å²) >= 11 is 1.96. The first-order valence-electron chi connectivity index (χ1n) is 3.09. The molecule has 0 aliphatic heterocycles. The third-order valence-electron chi connectivity index (χ3n) is 1.27. The summed E-state index contributed by atoms with van der Waals surface area (Å²) in [5.74, 6) is -0.397. The smallest absolute Gasteiger partial charge is 0.172 e. The quantitative estimate of drug-likeness (QED) is 0.455. The number of carbonyl (C=O) groups is 1. The Morgan fingerprint density at radius 1 is 1.55 bits per heavy atom. The van der Waals surface area contributed by atoms with Crippen molar-refractivity contribution >= 4 is 28.4 Å². The van der Waals surface area contributed by atoms with Crippen LogP contribution in [0.3, 0.4) is 0 Å². The van der Waals surface area contributed by atoms with Crippen molar-refractivity contribution in [3.05, 3.63) is 35.6 Å². The summed E-state index contributed by atoms with van der Waals surface area (Å²) in [7, 11) is 0. The Balaban J connectivity index is 2.96. The van der Waals surface area contributed by atoms with Crippen LogP contribution in [-0.4, -0.2) is 10.2 Å². The number of benzene rings is 1. The van der Waals surface area contributed by atoms with Gasteiger partial charge in [-0.25, -0.2) is 4.39 Å². The Hall–Kier alpha value is -0.450. The Morgan fingerprint density at radius 3 is 2.82 bits per heavy atom. The average Bonchev–Trinajstić information content (AvgIpc) is 2.03. The maximum Gasteiger partial charge on any atom is 0.172 e. The van der Waals surface area contributed by atoms with Gasteiger partial charge in [-0.05, 0) is 12.1 Å². The average molecular weight is 264 g/mol. The topological polar surface area (TPSA) is 17.1 Å². The number of alkyl halides is 1. The molecule has 0 fully saturated rings. The number of carbonyl (C=O) groups excluding carboxylic acids is 1. The second-order valence-corrected chi connectivity index (χ2v) is 2.83. The fourth-order valence-corrected chi connectivity index (χ4v) is 1.18. The van der Waals surface area contributed by atoms with E-state index in [0.717, 1.165) is 0 Å². The van der Waals surface area contributed by atoms with Crippen molar-refractivity contribution in [1.82, 2.24) is 0 Å². The minimum Gasteiger partial charge on any atom is -0.293 e. The molecule has 0 radical (unpaired) electrons. The van der Waals surface area contributed by atoms with Gasteiger partial charge in [0.15, 0.2) is 5.78 Å². The van der Waals surface area contributed by atoms with Crippen LogP contribution in [0.5, 0.6) is 0 Å². The third-order valence-corrected chi connectivity index (χ3v) is 1.96. The summed E-state index contributed by atoms with van der Waals surface area (Å²) in [6.07, 6.45) is 0. The molecule has 0 aromatic heterocycles. The summed E-state index contributed by atoms with van der Waals surface area (Å²) in [5.41, 5.74) is 0.444.